The molecule has 1 amide bonds. The molecule has 1 N–H and O–H groups in total. The highest BCUT2D eigenvalue weighted by Crippen LogP contribution is 2.16. The Kier molecular flexibility index (Phi) is 5.76. The fourth-order valence-electron chi connectivity index (χ4n) is 3.19. The summed E-state index contributed by atoms with van der Waals surface area (Å²) in [6, 6.07) is 23.9. The second kappa shape index (κ2) is 8.97. The van der Waals surface area contributed by atoms with Crippen LogP contribution in [0.3, 0.4) is 0 Å². The Bertz CT molecular complexity index is 1060. The minimum absolute atomic E-state index is 0.119. The van der Waals surface area contributed by atoms with Crippen LogP contribution in [0.2, 0.25) is 0 Å². The molecule has 0 saturated carbocycles. The van der Waals surface area contributed by atoms with Crippen LogP contribution >= 0.6 is 0 Å². The highest BCUT2D eigenvalue weighted by atomic mass is 16.1. The Labute approximate surface area is 170 Å². The Morgan fingerprint density at radius 3 is 2.38 bits per heavy atom. The average Bonchev–Trinajstić information content (AvgIpc) is 3.22. The van der Waals surface area contributed by atoms with E-state index in [-0.39, 0.29) is 5.91 Å². The van der Waals surface area contributed by atoms with E-state index in [4.69, 9.17) is 0 Å². The molecule has 0 fully saturated rings. The molecule has 0 saturated heterocycles. The van der Waals surface area contributed by atoms with Crippen molar-refractivity contribution < 1.29 is 4.79 Å². The number of nitrogens with zero attached hydrogens (tertiary/aromatic N) is 3. The molecule has 0 bridgehead atoms. The lowest BCUT2D eigenvalue weighted by Gasteiger charge is -2.09. The van der Waals surface area contributed by atoms with E-state index in [0.717, 1.165) is 23.5 Å². The summed E-state index contributed by atoms with van der Waals surface area (Å²) in [4.78, 5) is 21.1. The van der Waals surface area contributed by atoms with Crippen LogP contribution in [-0.2, 0) is 13.0 Å². The van der Waals surface area contributed by atoms with Gasteiger partial charge in [-0.25, -0.2) is 4.98 Å². The van der Waals surface area contributed by atoms with E-state index in [1.807, 2.05) is 73.2 Å². The Morgan fingerprint density at radius 2 is 1.66 bits per heavy atom. The van der Waals surface area contributed by atoms with Gasteiger partial charge in [-0.05, 0) is 17.7 Å². The molecule has 2 heterocycles. The lowest BCUT2D eigenvalue weighted by atomic mass is 10.1. The Morgan fingerprint density at radius 1 is 0.897 bits per heavy atom. The maximum atomic E-state index is 12.4. The van der Waals surface area contributed by atoms with Crippen molar-refractivity contribution in [2.75, 3.05) is 6.54 Å². The zero-order chi connectivity index (χ0) is 19.9. The van der Waals surface area contributed by atoms with Crippen LogP contribution in [0.25, 0.3) is 11.3 Å². The predicted octanol–water partition coefficient (Wildman–Crippen LogP) is 3.97. The topological polar surface area (TPSA) is 59.8 Å². The van der Waals surface area contributed by atoms with Gasteiger partial charge in [0.25, 0.3) is 5.91 Å². The third kappa shape index (κ3) is 4.76. The Hall–Kier alpha value is -3.73. The van der Waals surface area contributed by atoms with Gasteiger partial charge in [-0.3, -0.25) is 9.78 Å². The summed E-state index contributed by atoms with van der Waals surface area (Å²) in [5.41, 5.74) is 4.76. The van der Waals surface area contributed by atoms with Crippen LogP contribution in [0.4, 0.5) is 0 Å². The highest BCUT2D eigenvalue weighted by molar-refractivity contribution is 5.94. The van der Waals surface area contributed by atoms with Crippen molar-refractivity contribution in [2.24, 2.45) is 0 Å². The number of rotatable bonds is 7. The third-order valence-corrected chi connectivity index (χ3v) is 4.76. The number of carbonyl (C=O) groups excluding carboxylic acids is 1. The molecule has 0 radical (unpaired) electrons. The first-order chi connectivity index (χ1) is 14.3. The largest absolute Gasteiger partial charge is 0.352 e. The van der Waals surface area contributed by atoms with Gasteiger partial charge in [0.1, 0.15) is 0 Å². The first-order valence-corrected chi connectivity index (χ1v) is 9.62. The highest BCUT2D eigenvalue weighted by Gasteiger charge is 2.08. The molecule has 0 aliphatic rings. The lowest BCUT2D eigenvalue weighted by Crippen LogP contribution is -2.26. The second-order valence-electron chi connectivity index (χ2n) is 6.80. The summed E-state index contributed by atoms with van der Waals surface area (Å²) in [5, 5.41) is 2.97. The smallest absolute Gasteiger partial charge is 0.252 e. The van der Waals surface area contributed by atoms with E-state index < -0.39 is 0 Å². The van der Waals surface area contributed by atoms with Gasteiger partial charge in [0.2, 0.25) is 0 Å². The number of pyridine rings is 1. The molecule has 0 atom stereocenters. The molecule has 2 aromatic heterocycles. The molecule has 144 valence electrons. The van der Waals surface area contributed by atoms with Crippen LogP contribution in [0.1, 0.15) is 21.6 Å². The summed E-state index contributed by atoms with van der Waals surface area (Å²) in [6.07, 6.45) is 6.02. The van der Waals surface area contributed by atoms with Crippen molar-refractivity contribution in [3.63, 3.8) is 0 Å². The molecule has 5 nitrogen and oxygen atoms in total. The van der Waals surface area contributed by atoms with E-state index in [2.05, 4.69) is 32.0 Å². The number of benzene rings is 2. The maximum Gasteiger partial charge on any atom is 0.252 e. The number of imidazole rings is 1. The van der Waals surface area contributed by atoms with Gasteiger partial charge in [0.15, 0.2) is 0 Å². The number of hydrogen-bond acceptors (Lipinski definition) is 3. The normalized spacial score (nSPS) is 10.6. The van der Waals surface area contributed by atoms with Crippen LogP contribution in [0, 0.1) is 0 Å². The van der Waals surface area contributed by atoms with E-state index >= 15 is 0 Å². The Balaban J connectivity index is 1.32. The van der Waals surface area contributed by atoms with Gasteiger partial charge in [0, 0.05) is 43.2 Å². The number of amides is 1. The van der Waals surface area contributed by atoms with Crippen molar-refractivity contribution in [3.8, 4) is 11.3 Å². The third-order valence-electron chi connectivity index (χ3n) is 4.76. The van der Waals surface area contributed by atoms with Gasteiger partial charge in [0.05, 0.1) is 17.6 Å². The minimum atomic E-state index is -0.119. The molecule has 0 spiro atoms. The van der Waals surface area contributed by atoms with Crippen molar-refractivity contribution >= 4 is 5.91 Å². The monoisotopic (exact) mass is 382 g/mol. The molecule has 0 unspecified atom stereocenters. The van der Waals surface area contributed by atoms with Crippen LogP contribution in [-0.4, -0.2) is 27.0 Å². The molecular formula is C24H22N4O. The number of aromatic nitrogens is 3. The zero-order valence-electron chi connectivity index (χ0n) is 16.0. The van der Waals surface area contributed by atoms with Crippen molar-refractivity contribution in [3.05, 3.63) is 108 Å². The summed E-state index contributed by atoms with van der Waals surface area (Å²) >= 11 is 0. The van der Waals surface area contributed by atoms with E-state index in [1.54, 1.807) is 6.20 Å². The summed E-state index contributed by atoms with van der Waals surface area (Å²) in [5.74, 6) is -0.119. The first-order valence-electron chi connectivity index (χ1n) is 9.62. The van der Waals surface area contributed by atoms with Gasteiger partial charge < -0.3 is 9.88 Å². The van der Waals surface area contributed by atoms with Gasteiger partial charge in [-0.2, -0.15) is 0 Å². The average molecular weight is 382 g/mol. The fraction of sp³-hybridized carbons (Fsp3) is 0.125. The van der Waals surface area contributed by atoms with Crippen molar-refractivity contribution in [2.45, 2.75) is 13.0 Å². The van der Waals surface area contributed by atoms with Gasteiger partial charge >= 0.3 is 0 Å². The standard InChI is InChI=1S/C24H22N4O/c29-24(21-11-12-23(27-15-21)20-9-5-2-6-10-20)26-14-13-22-16-25-18-28(22)17-19-7-3-1-4-8-19/h1-12,15-16,18H,13-14,17H2,(H,26,29). The fourth-order valence-corrected chi connectivity index (χ4v) is 3.19. The number of hydrogen-bond donors (Lipinski definition) is 1. The summed E-state index contributed by atoms with van der Waals surface area (Å²) < 4.78 is 2.11. The van der Waals surface area contributed by atoms with E-state index in [9.17, 15) is 4.79 Å². The van der Waals surface area contributed by atoms with Gasteiger partial charge in [-0.15, -0.1) is 0 Å². The SMILES string of the molecule is O=C(NCCc1cncn1Cc1ccccc1)c1ccc(-c2ccccc2)nc1. The van der Waals surface area contributed by atoms with Crippen LogP contribution in [0.5, 0.6) is 0 Å². The molecule has 29 heavy (non-hydrogen) atoms. The van der Waals surface area contributed by atoms with Crippen molar-refractivity contribution in [1.82, 2.24) is 19.9 Å². The summed E-state index contributed by atoms with van der Waals surface area (Å²) in [6.45, 7) is 1.31. The van der Waals surface area contributed by atoms with Crippen LogP contribution in [0.15, 0.2) is 91.5 Å². The maximum absolute atomic E-state index is 12.4. The zero-order valence-corrected chi connectivity index (χ0v) is 16.0. The van der Waals surface area contributed by atoms with E-state index in [0.29, 0.717) is 18.5 Å². The van der Waals surface area contributed by atoms with E-state index in [1.165, 1.54) is 5.56 Å². The second-order valence-corrected chi connectivity index (χ2v) is 6.80. The predicted molar refractivity (Wildman–Crippen MR) is 113 cm³/mol. The molecule has 5 heteroatoms. The number of nitrogens with one attached hydrogen (secondary N) is 1. The minimum Gasteiger partial charge on any atom is -0.352 e. The van der Waals surface area contributed by atoms with Crippen molar-refractivity contribution in [1.29, 1.82) is 0 Å². The van der Waals surface area contributed by atoms with Gasteiger partial charge in [-0.1, -0.05) is 60.7 Å². The molecule has 2 aromatic carbocycles. The summed E-state index contributed by atoms with van der Waals surface area (Å²) in [7, 11) is 0. The molecule has 4 rings (SSSR count). The molecular weight excluding hydrogens is 360 g/mol. The van der Waals surface area contributed by atoms with Crippen LogP contribution < -0.4 is 5.32 Å². The first kappa shape index (κ1) is 18.6. The molecule has 0 aliphatic heterocycles. The number of carbonyl (C=O) groups is 1. The lowest BCUT2D eigenvalue weighted by molar-refractivity contribution is 0.0953. The molecule has 4 aromatic rings. The quantitative estimate of drug-likeness (QED) is 0.526. The molecule has 0 aliphatic carbocycles.